The van der Waals surface area contributed by atoms with Crippen molar-refractivity contribution in [3.63, 3.8) is 0 Å². The maximum absolute atomic E-state index is 12.8. The Balaban J connectivity index is 1.71. The van der Waals surface area contributed by atoms with Crippen LogP contribution in [0.1, 0.15) is 52.8 Å². The lowest BCUT2D eigenvalue weighted by atomic mass is 9.84. The molecule has 2 aromatic rings. The van der Waals surface area contributed by atoms with Gasteiger partial charge in [0.05, 0.1) is 0 Å². The standard InChI is InChI=1S/C23H29N3O2/c1-26(20-13-6-3-7-14-20)23(28)19-12-8-11-18(15-19)22(27)25-21(16-24)17-9-4-2-5-10-17/h3,6-8,11-15,17,21H,2,4-5,9-10,16,24H2,1H3,(H,25,27). The number of hydrogen-bond donors (Lipinski definition) is 2. The summed E-state index contributed by atoms with van der Waals surface area (Å²) >= 11 is 0. The Kier molecular flexibility index (Phi) is 6.82. The van der Waals surface area contributed by atoms with Gasteiger partial charge in [-0.05, 0) is 49.1 Å². The van der Waals surface area contributed by atoms with Gasteiger partial charge in [0, 0.05) is 36.4 Å². The van der Waals surface area contributed by atoms with Crippen molar-refractivity contribution in [1.82, 2.24) is 5.32 Å². The fourth-order valence-electron chi connectivity index (χ4n) is 3.91. The number of hydrogen-bond acceptors (Lipinski definition) is 3. The first kappa shape index (κ1) is 20.1. The van der Waals surface area contributed by atoms with Crippen LogP contribution in [-0.2, 0) is 0 Å². The Morgan fingerprint density at radius 1 is 1.04 bits per heavy atom. The molecule has 28 heavy (non-hydrogen) atoms. The monoisotopic (exact) mass is 379 g/mol. The first-order valence-electron chi connectivity index (χ1n) is 10.0. The molecule has 2 aromatic carbocycles. The van der Waals surface area contributed by atoms with Gasteiger partial charge in [0.1, 0.15) is 0 Å². The van der Waals surface area contributed by atoms with Gasteiger partial charge in [0.15, 0.2) is 0 Å². The van der Waals surface area contributed by atoms with Crippen LogP contribution in [0.25, 0.3) is 0 Å². The summed E-state index contributed by atoms with van der Waals surface area (Å²) in [6.45, 7) is 0.436. The average molecular weight is 380 g/mol. The van der Waals surface area contributed by atoms with E-state index in [0.717, 1.165) is 18.5 Å². The first-order valence-corrected chi connectivity index (χ1v) is 10.0. The predicted octanol–water partition coefficient (Wildman–Crippen LogP) is 3.60. The van der Waals surface area contributed by atoms with Crippen LogP contribution in [0.3, 0.4) is 0 Å². The highest BCUT2D eigenvalue weighted by Crippen LogP contribution is 2.26. The number of nitrogens with one attached hydrogen (secondary N) is 1. The van der Waals surface area contributed by atoms with Crippen LogP contribution < -0.4 is 16.0 Å². The second-order valence-electron chi connectivity index (χ2n) is 7.49. The van der Waals surface area contributed by atoms with Crippen LogP contribution >= 0.6 is 0 Å². The molecule has 1 unspecified atom stereocenters. The molecule has 0 spiro atoms. The number of benzene rings is 2. The number of nitrogens with two attached hydrogens (primary N) is 1. The van der Waals surface area contributed by atoms with Crippen LogP contribution in [0.4, 0.5) is 5.69 Å². The predicted molar refractivity (Wildman–Crippen MR) is 113 cm³/mol. The molecule has 3 N–H and O–H groups in total. The summed E-state index contributed by atoms with van der Waals surface area (Å²) in [7, 11) is 1.73. The van der Waals surface area contributed by atoms with Crippen LogP contribution in [0.2, 0.25) is 0 Å². The number of para-hydroxylation sites is 1. The summed E-state index contributed by atoms with van der Waals surface area (Å²) < 4.78 is 0. The lowest BCUT2D eigenvalue weighted by Crippen LogP contribution is -2.46. The van der Waals surface area contributed by atoms with Gasteiger partial charge in [-0.1, -0.05) is 43.5 Å². The summed E-state index contributed by atoms with van der Waals surface area (Å²) in [5.74, 6) is 0.123. The van der Waals surface area contributed by atoms with E-state index in [1.807, 2.05) is 30.3 Å². The van der Waals surface area contributed by atoms with Gasteiger partial charge in [0.2, 0.25) is 0 Å². The molecule has 0 aliphatic heterocycles. The molecule has 0 bridgehead atoms. The minimum absolute atomic E-state index is 0.0147. The molecule has 0 saturated heterocycles. The zero-order valence-electron chi connectivity index (χ0n) is 16.4. The zero-order valence-corrected chi connectivity index (χ0v) is 16.4. The minimum atomic E-state index is -0.168. The van der Waals surface area contributed by atoms with Crippen molar-refractivity contribution in [3.8, 4) is 0 Å². The van der Waals surface area contributed by atoms with Gasteiger partial charge in [-0.2, -0.15) is 0 Å². The Labute approximate surface area is 166 Å². The van der Waals surface area contributed by atoms with Crippen molar-refractivity contribution < 1.29 is 9.59 Å². The second kappa shape index (κ2) is 9.51. The van der Waals surface area contributed by atoms with E-state index < -0.39 is 0 Å². The van der Waals surface area contributed by atoms with Crippen LogP contribution in [0.15, 0.2) is 54.6 Å². The number of rotatable bonds is 6. The van der Waals surface area contributed by atoms with Crippen LogP contribution in [-0.4, -0.2) is 31.4 Å². The molecule has 1 aliphatic rings. The molecule has 1 fully saturated rings. The van der Waals surface area contributed by atoms with Gasteiger partial charge in [0.25, 0.3) is 11.8 Å². The van der Waals surface area contributed by atoms with Crippen molar-refractivity contribution in [2.24, 2.45) is 11.7 Å². The number of carbonyl (C=O) groups is 2. The molecule has 5 nitrogen and oxygen atoms in total. The lowest BCUT2D eigenvalue weighted by Gasteiger charge is -2.30. The first-order chi connectivity index (χ1) is 13.6. The van der Waals surface area contributed by atoms with E-state index in [-0.39, 0.29) is 17.9 Å². The molecule has 3 rings (SSSR count). The fourth-order valence-corrected chi connectivity index (χ4v) is 3.91. The maximum Gasteiger partial charge on any atom is 0.258 e. The quantitative estimate of drug-likeness (QED) is 0.805. The third-order valence-corrected chi connectivity index (χ3v) is 5.61. The molecule has 0 aromatic heterocycles. The van der Waals surface area contributed by atoms with Crippen molar-refractivity contribution in [2.45, 2.75) is 38.1 Å². The van der Waals surface area contributed by atoms with Crippen LogP contribution in [0.5, 0.6) is 0 Å². The molecule has 5 heteroatoms. The van der Waals surface area contributed by atoms with E-state index in [4.69, 9.17) is 5.73 Å². The smallest absolute Gasteiger partial charge is 0.258 e. The largest absolute Gasteiger partial charge is 0.348 e. The Bertz CT molecular complexity index is 801. The minimum Gasteiger partial charge on any atom is -0.348 e. The van der Waals surface area contributed by atoms with Gasteiger partial charge in [-0.3, -0.25) is 9.59 Å². The summed E-state index contributed by atoms with van der Waals surface area (Å²) in [6, 6.07) is 16.3. The third-order valence-electron chi connectivity index (χ3n) is 5.61. The highest BCUT2D eigenvalue weighted by atomic mass is 16.2. The maximum atomic E-state index is 12.8. The SMILES string of the molecule is CN(C(=O)c1cccc(C(=O)NC(CN)C2CCCCC2)c1)c1ccccc1. The van der Waals surface area contributed by atoms with Crippen LogP contribution in [0, 0.1) is 5.92 Å². The van der Waals surface area contributed by atoms with Gasteiger partial charge in [-0.25, -0.2) is 0 Å². The molecule has 0 heterocycles. The average Bonchev–Trinajstić information content (AvgIpc) is 2.77. The lowest BCUT2D eigenvalue weighted by molar-refractivity contribution is 0.0915. The third kappa shape index (κ3) is 4.78. The van der Waals surface area contributed by atoms with E-state index >= 15 is 0 Å². The molecule has 0 radical (unpaired) electrons. The summed E-state index contributed by atoms with van der Waals surface area (Å²) in [4.78, 5) is 27.2. The Morgan fingerprint density at radius 3 is 2.39 bits per heavy atom. The normalized spacial score (nSPS) is 15.6. The molecular weight excluding hydrogens is 350 g/mol. The van der Waals surface area contributed by atoms with Gasteiger partial charge in [-0.15, -0.1) is 0 Å². The highest BCUT2D eigenvalue weighted by molar-refractivity contribution is 6.07. The van der Waals surface area contributed by atoms with E-state index in [1.165, 1.54) is 19.3 Å². The number of carbonyl (C=O) groups excluding carboxylic acids is 2. The van der Waals surface area contributed by atoms with Gasteiger partial charge >= 0.3 is 0 Å². The number of anilines is 1. The summed E-state index contributed by atoms with van der Waals surface area (Å²) in [5.41, 5.74) is 7.72. The number of amides is 2. The highest BCUT2D eigenvalue weighted by Gasteiger charge is 2.24. The van der Waals surface area contributed by atoms with E-state index in [9.17, 15) is 9.59 Å². The molecule has 1 aliphatic carbocycles. The summed E-state index contributed by atoms with van der Waals surface area (Å²) in [6.07, 6.45) is 5.89. The summed E-state index contributed by atoms with van der Waals surface area (Å²) in [5, 5.41) is 3.09. The molecule has 148 valence electrons. The Hall–Kier alpha value is -2.66. The molecule has 1 saturated carbocycles. The number of nitrogens with zero attached hydrogens (tertiary/aromatic N) is 1. The van der Waals surface area contributed by atoms with E-state index in [2.05, 4.69) is 5.32 Å². The molecule has 2 amide bonds. The van der Waals surface area contributed by atoms with Crippen molar-refractivity contribution >= 4 is 17.5 Å². The zero-order chi connectivity index (χ0) is 19.9. The second-order valence-corrected chi connectivity index (χ2v) is 7.49. The molecular formula is C23H29N3O2. The fraction of sp³-hybridized carbons (Fsp3) is 0.391. The van der Waals surface area contributed by atoms with Crippen molar-refractivity contribution in [2.75, 3.05) is 18.5 Å². The molecule has 1 atom stereocenters. The Morgan fingerprint density at radius 2 is 1.71 bits per heavy atom. The van der Waals surface area contributed by atoms with E-state index in [0.29, 0.717) is 23.6 Å². The van der Waals surface area contributed by atoms with Gasteiger partial charge < -0.3 is 16.0 Å². The van der Waals surface area contributed by atoms with Crippen molar-refractivity contribution in [3.05, 3.63) is 65.7 Å². The van der Waals surface area contributed by atoms with E-state index in [1.54, 1.807) is 36.2 Å². The van der Waals surface area contributed by atoms with Crippen molar-refractivity contribution in [1.29, 1.82) is 0 Å². The topological polar surface area (TPSA) is 75.4 Å².